The Bertz CT molecular complexity index is 568. The van der Waals surface area contributed by atoms with Crippen molar-refractivity contribution in [2.24, 2.45) is 11.8 Å². The van der Waals surface area contributed by atoms with Crippen molar-refractivity contribution in [3.05, 3.63) is 12.2 Å². The summed E-state index contributed by atoms with van der Waals surface area (Å²) < 4.78 is 11.7. The molecule has 0 aromatic carbocycles. The topological polar surface area (TPSA) is 55.8 Å². The number of nitrogens with zero attached hydrogens (tertiary/aromatic N) is 1. The molecule has 1 aliphatic carbocycles. The van der Waals surface area contributed by atoms with Gasteiger partial charge in [0.2, 0.25) is 5.91 Å². The van der Waals surface area contributed by atoms with Gasteiger partial charge in [-0.15, -0.1) is 0 Å². The summed E-state index contributed by atoms with van der Waals surface area (Å²) in [5.74, 6) is -0.999. The number of amides is 1. The molecule has 0 N–H and O–H groups in total. The van der Waals surface area contributed by atoms with Gasteiger partial charge in [0.25, 0.3) is 0 Å². The van der Waals surface area contributed by atoms with Crippen LogP contribution in [0, 0.1) is 11.8 Å². The number of fused-ring (bicyclic) bond motifs is 1. The van der Waals surface area contributed by atoms with Gasteiger partial charge >= 0.3 is 5.97 Å². The lowest BCUT2D eigenvalue weighted by atomic mass is 9.77. The third-order valence-electron chi connectivity index (χ3n) is 6.41. The third kappa shape index (κ3) is 2.80. The molecule has 4 atom stereocenters. The van der Waals surface area contributed by atoms with Crippen LogP contribution in [0.5, 0.6) is 0 Å². The molecule has 138 valence electrons. The SMILES string of the molecule is CCCCCOC(=O)[C@@H]1[C@@H]2C=C[C@]3(CN(C4CCCCC4)C(=O)[C@H]13)O2. The summed E-state index contributed by atoms with van der Waals surface area (Å²) in [6.45, 7) is 3.17. The van der Waals surface area contributed by atoms with Crippen LogP contribution in [0.3, 0.4) is 0 Å². The zero-order valence-corrected chi connectivity index (χ0v) is 15.1. The van der Waals surface area contributed by atoms with Crippen LogP contribution < -0.4 is 0 Å². The summed E-state index contributed by atoms with van der Waals surface area (Å²) >= 11 is 0. The van der Waals surface area contributed by atoms with Crippen LogP contribution in [0.15, 0.2) is 12.2 Å². The van der Waals surface area contributed by atoms with E-state index in [0.717, 1.165) is 32.1 Å². The number of ether oxygens (including phenoxy) is 2. The standard InChI is InChI=1S/C20H29NO4/c1-2-3-7-12-24-19(23)16-15-10-11-20(25-15)13-21(18(22)17(16)20)14-8-5-4-6-9-14/h10-11,14-17H,2-9,12-13H2,1H3/t15-,16+,17-,20+/m0/s1. The Hall–Kier alpha value is -1.36. The maximum Gasteiger partial charge on any atom is 0.312 e. The average molecular weight is 347 g/mol. The van der Waals surface area contributed by atoms with Gasteiger partial charge in [-0.1, -0.05) is 51.2 Å². The van der Waals surface area contributed by atoms with Crippen LogP contribution in [0.4, 0.5) is 0 Å². The molecule has 4 aliphatic rings. The third-order valence-corrected chi connectivity index (χ3v) is 6.41. The number of hydrogen-bond donors (Lipinski definition) is 0. The lowest BCUT2D eigenvalue weighted by molar-refractivity contribution is -0.154. The number of rotatable bonds is 6. The summed E-state index contributed by atoms with van der Waals surface area (Å²) in [5.41, 5.74) is -0.591. The molecule has 3 fully saturated rings. The summed E-state index contributed by atoms with van der Waals surface area (Å²) in [6, 6.07) is 0.318. The van der Waals surface area contributed by atoms with Crippen molar-refractivity contribution in [3.8, 4) is 0 Å². The van der Waals surface area contributed by atoms with Gasteiger partial charge in [0.15, 0.2) is 0 Å². The van der Waals surface area contributed by atoms with Gasteiger partial charge in [0, 0.05) is 6.04 Å². The minimum absolute atomic E-state index is 0.106. The molecule has 0 aromatic heterocycles. The normalized spacial score (nSPS) is 36.9. The van der Waals surface area contributed by atoms with E-state index in [1.54, 1.807) is 0 Å². The summed E-state index contributed by atoms with van der Waals surface area (Å²) in [4.78, 5) is 27.8. The van der Waals surface area contributed by atoms with Crippen LogP contribution >= 0.6 is 0 Å². The van der Waals surface area contributed by atoms with Crippen molar-refractivity contribution in [1.82, 2.24) is 4.90 Å². The molecule has 0 unspecified atom stereocenters. The fourth-order valence-corrected chi connectivity index (χ4v) is 5.12. The first-order valence-electron chi connectivity index (χ1n) is 10.0. The average Bonchev–Trinajstić information content (AvgIpc) is 3.28. The minimum atomic E-state index is -0.591. The Balaban J connectivity index is 1.47. The van der Waals surface area contributed by atoms with Gasteiger partial charge in [-0.3, -0.25) is 9.59 Å². The van der Waals surface area contributed by atoms with Crippen molar-refractivity contribution in [2.75, 3.05) is 13.2 Å². The number of esters is 1. The predicted octanol–water partition coefficient (Wildman–Crippen LogP) is 2.83. The number of likely N-dealkylation sites (tertiary alicyclic amines) is 1. The second-order valence-electron chi connectivity index (χ2n) is 8.03. The van der Waals surface area contributed by atoms with E-state index in [4.69, 9.17) is 9.47 Å². The minimum Gasteiger partial charge on any atom is -0.465 e. The highest BCUT2D eigenvalue weighted by Crippen LogP contribution is 2.53. The molecule has 4 rings (SSSR count). The molecule has 25 heavy (non-hydrogen) atoms. The van der Waals surface area contributed by atoms with E-state index in [1.807, 2.05) is 17.1 Å². The van der Waals surface area contributed by atoms with Crippen LogP contribution in [-0.4, -0.2) is 47.7 Å². The monoisotopic (exact) mass is 347 g/mol. The van der Waals surface area contributed by atoms with Crippen molar-refractivity contribution in [1.29, 1.82) is 0 Å². The molecule has 0 aromatic rings. The molecule has 5 heteroatoms. The lowest BCUT2D eigenvalue weighted by Gasteiger charge is -2.32. The van der Waals surface area contributed by atoms with E-state index in [-0.39, 0.29) is 23.9 Å². The maximum atomic E-state index is 13.2. The molecule has 3 aliphatic heterocycles. The molecular formula is C20H29NO4. The van der Waals surface area contributed by atoms with Crippen LogP contribution in [0.1, 0.15) is 58.3 Å². The fourth-order valence-electron chi connectivity index (χ4n) is 5.12. The van der Waals surface area contributed by atoms with Gasteiger partial charge in [-0.2, -0.15) is 0 Å². The largest absolute Gasteiger partial charge is 0.465 e. The van der Waals surface area contributed by atoms with Crippen LogP contribution in [-0.2, 0) is 19.1 Å². The van der Waals surface area contributed by atoms with E-state index < -0.39 is 11.5 Å². The summed E-state index contributed by atoms with van der Waals surface area (Å²) in [6.07, 6.45) is 12.5. The molecule has 1 spiro atoms. The highest BCUT2D eigenvalue weighted by atomic mass is 16.6. The number of hydrogen-bond acceptors (Lipinski definition) is 4. The van der Waals surface area contributed by atoms with E-state index in [0.29, 0.717) is 19.2 Å². The van der Waals surface area contributed by atoms with Crippen molar-refractivity contribution >= 4 is 11.9 Å². The highest BCUT2D eigenvalue weighted by molar-refractivity contribution is 5.91. The van der Waals surface area contributed by atoms with E-state index >= 15 is 0 Å². The van der Waals surface area contributed by atoms with Crippen LogP contribution in [0.2, 0.25) is 0 Å². The van der Waals surface area contributed by atoms with Gasteiger partial charge in [0.1, 0.15) is 11.5 Å². The molecule has 1 amide bonds. The zero-order valence-electron chi connectivity index (χ0n) is 15.1. The molecule has 1 saturated carbocycles. The number of carbonyl (C=O) groups is 2. The number of unbranched alkanes of at least 4 members (excludes halogenated alkanes) is 2. The van der Waals surface area contributed by atoms with Gasteiger partial charge in [-0.05, 0) is 19.3 Å². The summed E-state index contributed by atoms with van der Waals surface area (Å²) in [5, 5.41) is 0. The quantitative estimate of drug-likeness (QED) is 0.421. The van der Waals surface area contributed by atoms with Gasteiger partial charge in [-0.25, -0.2) is 0 Å². The van der Waals surface area contributed by atoms with Crippen molar-refractivity contribution in [2.45, 2.75) is 76.0 Å². The first-order valence-corrected chi connectivity index (χ1v) is 10.0. The highest BCUT2D eigenvalue weighted by Gasteiger charge is 2.67. The lowest BCUT2D eigenvalue weighted by Crippen LogP contribution is -2.42. The van der Waals surface area contributed by atoms with Crippen molar-refractivity contribution < 1.29 is 19.1 Å². The Morgan fingerprint density at radius 1 is 1.32 bits per heavy atom. The summed E-state index contributed by atoms with van der Waals surface area (Å²) in [7, 11) is 0. The fraction of sp³-hybridized carbons (Fsp3) is 0.800. The van der Waals surface area contributed by atoms with Crippen LogP contribution in [0.25, 0.3) is 0 Å². The van der Waals surface area contributed by atoms with Gasteiger partial charge in [0.05, 0.1) is 25.2 Å². The first kappa shape index (κ1) is 17.1. The van der Waals surface area contributed by atoms with E-state index in [1.165, 1.54) is 19.3 Å². The Morgan fingerprint density at radius 2 is 2.12 bits per heavy atom. The molecule has 5 nitrogen and oxygen atoms in total. The Morgan fingerprint density at radius 3 is 2.88 bits per heavy atom. The maximum absolute atomic E-state index is 13.2. The zero-order chi connectivity index (χ0) is 17.4. The molecule has 2 saturated heterocycles. The van der Waals surface area contributed by atoms with E-state index in [2.05, 4.69) is 6.92 Å². The first-order chi connectivity index (χ1) is 12.2. The second kappa shape index (κ2) is 6.75. The predicted molar refractivity (Wildman–Crippen MR) is 92.8 cm³/mol. The molecule has 2 bridgehead atoms. The van der Waals surface area contributed by atoms with Gasteiger partial charge < -0.3 is 14.4 Å². The van der Waals surface area contributed by atoms with E-state index in [9.17, 15) is 9.59 Å². The Labute approximate surface area is 149 Å². The smallest absolute Gasteiger partial charge is 0.312 e. The van der Waals surface area contributed by atoms with Crippen molar-refractivity contribution in [3.63, 3.8) is 0 Å². The molecule has 0 radical (unpaired) electrons. The molecule has 3 heterocycles. The molecular weight excluding hydrogens is 318 g/mol. The number of carbonyl (C=O) groups excluding carboxylic acids is 2. The Kier molecular flexibility index (Phi) is 4.61. The second-order valence-corrected chi connectivity index (χ2v) is 8.03.